The van der Waals surface area contributed by atoms with Crippen molar-refractivity contribution in [3.8, 4) is 0 Å². The highest BCUT2D eigenvalue weighted by Gasteiger charge is 2.39. The Labute approximate surface area is 258 Å². The van der Waals surface area contributed by atoms with Crippen molar-refractivity contribution in [1.29, 1.82) is 0 Å². The molecule has 11 nitrogen and oxygen atoms in total. The van der Waals surface area contributed by atoms with Gasteiger partial charge in [0.25, 0.3) is 5.91 Å². The summed E-state index contributed by atoms with van der Waals surface area (Å²) in [5.41, 5.74) is 15.6. The highest BCUT2D eigenvalue weighted by atomic mass is 35.5. The van der Waals surface area contributed by atoms with Gasteiger partial charge in [-0.05, 0) is 55.5 Å². The summed E-state index contributed by atoms with van der Waals surface area (Å²) in [6.07, 6.45) is 4.06. The lowest BCUT2D eigenvalue weighted by atomic mass is 9.91. The molecule has 224 valence electrons. The van der Waals surface area contributed by atoms with Gasteiger partial charge in [0.1, 0.15) is 16.9 Å². The molecule has 1 aromatic heterocycles. The lowest BCUT2D eigenvalue weighted by Gasteiger charge is -2.37. The third-order valence-electron chi connectivity index (χ3n) is 8.22. The molecule has 4 heterocycles. The van der Waals surface area contributed by atoms with Gasteiger partial charge in [-0.25, -0.2) is 9.97 Å². The van der Waals surface area contributed by atoms with Crippen LogP contribution in [-0.4, -0.2) is 57.3 Å². The first-order chi connectivity index (χ1) is 20.6. The normalized spacial score (nSPS) is 19.8. The molecule has 3 aliphatic heterocycles. The van der Waals surface area contributed by atoms with Gasteiger partial charge in [-0.1, -0.05) is 41.6 Å². The predicted octanol–water partition coefficient (Wildman–Crippen LogP) is 3.55. The van der Waals surface area contributed by atoms with Gasteiger partial charge in [0.2, 0.25) is 11.8 Å². The number of anilines is 3. The molecule has 6 rings (SSSR count). The molecular formula is C30H33ClN8O3S. The van der Waals surface area contributed by atoms with E-state index >= 15 is 0 Å². The van der Waals surface area contributed by atoms with E-state index in [2.05, 4.69) is 32.4 Å². The van der Waals surface area contributed by atoms with Crippen molar-refractivity contribution in [2.75, 3.05) is 29.0 Å². The standard InChI is InChI=1S/C30H33ClN8O3S/c1-30(33)9-11-38(12-10-30)23-15-35-28(26(32)36-23)43-22-4-2-3-20(25(22)31)34-14-17-5-6-19-18(13-17)16-39(29(19)42)21-7-8-24(40)37-27(21)41/h2-6,13,15,21,34H,7-12,14,16,33H2,1H3,(H2,32,36)(H,37,40,41). The number of hydrogen-bond acceptors (Lipinski definition) is 10. The second-order valence-corrected chi connectivity index (χ2v) is 12.9. The van der Waals surface area contributed by atoms with Crippen LogP contribution >= 0.6 is 23.4 Å². The van der Waals surface area contributed by atoms with E-state index in [0.717, 1.165) is 53.5 Å². The number of fused-ring (bicyclic) bond motifs is 1. The number of benzene rings is 2. The number of halogens is 1. The Morgan fingerprint density at radius 1 is 1.19 bits per heavy atom. The van der Waals surface area contributed by atoms with Crippen molar-refractivity contribution in [2.24, 2.45) is 5.73 Å². The molecule has 1 atom stereocenters. The van der Waals surface area contributed by atoms with Crippen LogP contribution in [0.3, 0.4) is 0 Å². The van der Waals surface area contributed by atoms with E-state index in [9.17, 15) is 14.4 Å². The minimum Gasteiger partial charge on any atom is -0.381 e. The zero-order chi connectivity index (χ0) is 30.3. The lowest BCUT2D eigenvalue weighted by molar-refractivity contribution is -0.136. The molecular weight excluding hydrogens is 588 g/mol. The van der Waals surface area contributed by atoms with Crippen molar-refractivity contribution in [3.63, 3.8) is 0 Å². The number of hydrogen-bond donors (Lipinski definition) is 4. The Kier molecular flexibility index (Phi) is 7.92. The van der Waals surface area contributed by atoms with Crippen LogP contribution in [0.15, 0.2) is 52.5 Å². The molecule has 2 fully saturated rings. The average molecular weight is 621 g/mol. The van der Waals surface area contributed by atoms with Crippen LogP contribution in [-0.2, 0) is 22.7 Å². The van der Waals surface area contributed by atoms with Gasteiger partial charge in [-0.3, -0.25) is 19.7 Å². The average Bonchev–Trinajstić information content (AvgIpc) is 3.29. The number of amides is 3. The highest BCUT2D eigenvalue weighted by Crippen LogP contribution is 2.39. The molecule has 3 aliphatic rings. The molecule has 6 N–H and O–H groups in total. The minimum absolute atomic E-state index is 0.153. The van der Waals surface area contributed by atoms with Gasteiger partial charge in [0.15, 0.2) is 5.82 Å². The molecule has 0 aliphatic carbocycles. The summed E-state index contributed by atoms with van der Waals surface area (Å²) >= 11 is 8.15. The van der Waals surface area contributed by atoms with Crippen molar-refractivity contribution in [1.82, 2.24) is 20.2 Å². The van der Waals surface area contributed by atoms with E-state index < -0.39 is 11.9 Å². The summed E-state index contributed by atoms with van der Waals surface area (Å²) in [5.74, 6) is 0.174. The quantitative estimate of drug-likeness (QED) is 0.288. The van der Waals surface area contributed by atoms with Crippen LogP contribution in [0.5, 0.6) is 0 Å². The summed E-state index contributed by atoms with van der Waals surface area (Å²) < 4.78 is 0. The number of piperidine rings is 2. The lowest BCUT2D eigenvalue weighted by Crippen LogP contribution is -2.52. The van der Waals surface area contributed by atoms with Crippen molar-refractivity contribution >= 4 is 58.4 Å². The first-order valence-corrected chi connectivity index (χ1v) is 15.4. The fourth-order valence-electron chi connectivity index (χ4n) is 5.63. The molecule has 0 radical (unpaired) electrons. The number of aromatic nitrogens is 2. The second-order valence-electron chi connectivity index (χ2n) is 11.5. The number of nitrogens with two attached hydrogens (primary N) is 2. The summed E-state index contributed by atoms with van der Waals surface area (Å²) in [4.78, 5) is 50.5. The number of rotatable bonds is 7. The monoisotopic (exact) mass is 620 g/mol. The second kappa shape index (κ2) is 11.7. The van der Waals surface area contributed by atoms with Gasteiger partial charge in [0, 0.05) is 48.6 Å². The van der Waals surface area contributed by atoms with Gasteiger partial charge < -0.3 is 26.6 Å². The van der Waals surface area contributed by atoms with Crippen molar-refractivity contribution in [3.05, 3.63) is 64.3 Å². The van der Waals surface area contributed by atoms with Crippen molar-refractivity contribution in [2.45, 2.75) is 67.2 Å². The summed E-state index contributed by atoms with van der Waals surface area (Å²) in [7, 11) is 0. The topological polar surface area (TPSA) is 160 Å². The Morgan fingerprint density at radius 2 is 1.98 bits per heavy atom. The summed E-state index contributed by atoms with van der Waals surface area (Å²) in [6, 6.07) is 10.7. The van der Waals surface area contributed by atoms with Crippen LogP contribution in [0.1, 0.15) is 54.1 Å². The van der Waals surface area contributed by atoms with Crippen molar-refractivity contribution < 1.29 is 14.4 Å². The Hall–Kier alpha value is -3.87. The molecule has 13 heteroatoms. The molecule has 43 heavy (non-hydrogen) atoms. The number of nitrogens with one attached hydrogen (secondary N) is 2. The number of carbonyl (C=O) groups is 3. The van der Waals surface area contributed by atoms with E-state index in [-0.39, 0.29) is 23.8 Å². The third-order valence-corrected chi connectivity index (χ3v) is 9.81. The SMILES string of the molecule is CC1(N)CCN(c2cnc(Sc3cccc(NCc4ccc5c(c4)CN(C4CCC(=O)NC4=O)C5=O)c3Cl)c(N)n2)CC1. The zero-order valence-electron chi connectivity index (χ0n) is 23.7. The van der Waals surface area contributed by atoms with E-state index in [1.165, 1.54) is 11.8 Å². The van der Waals surface area contributed by atoms with Crippen LogP contribution in [0, 0.1) is 0 Å². The van der Waals surface area contributed by atoms with Crippen LogP contribution < -0.4 is 27.0 Å². The van der Waals surface area contributed by atoms with E-state index in [1.807, 2.05) is 30.3 Å². The fourth-order valence-corrected chi connectivity index (χ4v) is 6.74. The fraction of sp³-hybridized carbons (Fsp3) is 0.367. The molecule has 2 saturated heterocycles. The summed E-state index contributed by atoms with van der Waals surface area (Å²) in [6.45, 7) is 4.50. The van der Waals surface area contributed by atoms with Crippen LogP contribution in [0.2, 0.25) is 5.02 Å². The molecule has 1 unspecified atom stereocenters. The Balaban J connectivity index is 1.10. The number of imide groups is 1. The van der Waals surface area contributed by atoms with Gasteiger partial charge in [-0.15, -0.1) is 0 Å². The van der Waals surface area contributed by atoms with Gasteiger partial charge in [-0.2, -0.15) is 0 Å². The largest absolute Gasteiger partial charge is 0.381 e. The first kappa shape index (κ1) is 29.2. The molecule has 3 aromatic rings. The molecule has 0 spiro atoms. The minimum atomic E-state index is -0.638. The maximum atomic E-state index is 13.0. The Morgan fingerprint density at radius 3 is 2.72 bits per heavy atom. The molecule has 0 saturated carbocycles. The van der Waals surface area contributed by atoms with Gasteiger partial charge >= 0.3 is 0 Å². The van der Waals surface area contributed by atoms with E-state index in [1.54, 1.807) is 17.2 Å². The van der Waals surface area contributed by atoms with Crippen LogP contribution in [0.4, 0.5) is 17.3 Å². The van der Waals surface area contributed by atoms with Gasteiger partial charge in [0.05, 0.1) is 16.9 Å². The highest BCUT2D eigenvalue weighted by molar-refractivity contribution is 7.99. The smallest absolute Gasteiger partial charge is 0.255 e. The predicted molar refractivity (Wildman–Crippen MR) is 166 cm³/mol. The first-order valence-electron chi connectivity index (χ1n) is 14.2. The number of nitrogens with zero attached hydrogens (tertiary/aromatic N) is 4. The third kappa shape index (κ3) is 6.13. The molecule has 0 bridgehead atoms. The van der Waals surface area contributed by atoms with E-state index in [4.69, 9.17) is 23.1 Å². The Bertz CT molecular complexity index is 1610. The molecule has 3 amide bonds. The summed E-state index contributed by atoms with van der Waals surface area (Å²) in [5, 5.41) is 6.84. The van der Waals surface area contributed by atoms with Crippen LogP contribution in [0.25, 0.3) is 0 Å². The molecule has 2 aromatic carbocycles. The van der Waals surface area contributed by atoms with E-state index in [0.29, 0.717) is 40.9 Å². The number of nitrogen functional groups attached to an aromatic ring is 1. The maximum absolute atomic E-state index is 13.0. The zero-order valence-corrected chi connectivity index (χ0v) is 25.3. The maximum Gasteiger partial charge on any atom is 0.255 e. The number of carbonyl (C=O) groups excluding carboxylic acids is 3.